The maximum atomic E-state index is 12.1. The fourth-order valence-corrected chi connectivity index (χ4v) is 3.22. The van der Waals surface area contributed by atoms with Crippen molar-refractivity contribution in [2.24, 2.45) is 0 Å². The maximum absolute atomic E-state index is 12.1. The molecule has 21 heavy (non-hydrogen) atoms. The number of rotatable bonds is 5. The van der Waals surface area contributed by atoms with E-state index in [1.807, 2.05) is 12.1 Å². The van der Waals surface area contributed by atoms with Gasteiger partial charge in [-0.3, -0.25) is 0 Å². The van der Waals surface area contributed by atoms with Crippen LogP contribution in [0.3, 0.4) is 0 Å². The minimum Gasteiger partial charge on any atom is -0.380 e. The van der Waals surface area contributed by atoms with Crippen LogP contribution in [0, 0.1) is 13.8 Å². The van der Waals surface area contributed by atoms with E-state index < -0.39 is 9.84 Å². The van der Waals surface area contributed by atoms with Crippen LogP contribution >= 0.6 is 0 Å². The molecular weight excluding hydrogens is 282 g/mol. The predicted molar refractivity (Wildman–Crippen MR) is 87.4 cm³/mol. The lowest BCUT2D eigenvalue weighted by molar-refractivity contribution is 0.597. The summed E-state index contributed by atoms with van der Waals surface area (Å²) in [5, 5.41) is 3.24. The van der Waals surface area contributed by atoms with Crippen molar-refractivity contribution in [1.29, 1.82) is 0 Å². The largest absolute Gasteiger partial charge is 0.380 e. The summed E-state index contributed by atoms with van der Waals surface area (Å²) in [6.45, 7) is 6.43. The summed E-state index contributed by atoms with van der Waals surface area (Å²) in [7, 11) is -3.21. The van der Waals surface area contributed by atoms with Crippen LogP contribution in [0.25, 0.3) is 0 Å². The van der Waals surface area contributed by atoms with Gasteiger partial charge < -0.3 is 5.32 Å². The highest BCUT2D eigenvalue weighted by atomic mass is 32.2. The van der Waals surface area contributed by atoms with Crippen LogP contribution in [-0.2, 0) is 16.4 Å². The molecule has 1 N–H and O–H groups in total. The number of benzene rings is 2. The fraction of sp³-hybridized carbons (Fsp3) is 0.294. The Labute approximate surface area is 126 Å². The third kappa shape index (κ3) is 3.64. The first-order chi connectivity index (χ1) is 9.94. The van der Waals surface area contributed by atoms with E-state index in [4.69, 9.17) is 0 Å². The second-order valence-corrected chi connectivity index (χ2v) is 7.42. The van der Waals surface area contributed by atoms with Gasteiger partial charge in [-0.05, 0) is 42.7 Å². The van der Waals surface area contributed by atoms with Crippen molar-refractivity contribution in [1.82, 2.24) is 0 Å². The third-order valence-electron chi connectivity index (χ3n) is 3.66. The standard InChI is InChI=1S/C17H21NO2S/c1-4-21(19,20)17-8-6-5-7-16(17)18-12-15-10-9-13(2)14(3)11-15/h5-11,18H,4,12H2,1-3H3. The smallest absolute Gasteiger partial charge is 0.180 e. The van der Waals surface area contributed by atoms with Gasteiger partial charge in [-0.1, -0.05) is 37.3 Å². The van der Waals surface area contributed by atoms with Crippen LogP contribution in [0.5, 0.6) is 0 Å². The molecule has 112 valence electrons. The number of sulfone groups is 1. The number of hydrogen-bond donors (Lipinski definition) is 1. The van der Waals surface area contributed by atoms with Crippen LogP contribution < -0.4 is 5.32 Å². The van der Waals surface area contributed by atoms with Gasteiger partial charge in [0.15, 0.2) is 9.84 Å². The molecule has 0 aliphatic rings. The maximum Gasteiger partial charge on any atom is 0.180 e. The normalized spacial score (nSPS) is 11.4. The lowest BCUT2D eigenvalue weighted by Gasteiger charge is -2.12. The lowest BCUT2D eigenvalue weighted by Crippen LogP contribution is -2.09. The van der Waals surface area contributed by atoms with Crippen molar-refractivity contribution in [2.75, 3.05) is 11.1 Å². The number of anilines is 1. The van der Waals surface area contributed by atoms with Gasteiger partial charge in [0.05, 0.1) is 16.3 Å². The Hall–Kier alpha value is -1.81. The van der Waals surface area contributed by atoms with Gasteiger partial charge in [0.1, 0.15) is 0 Å². The number of aryl methyl sites for hydroxylation is 2. The third-order valence-corrected chi connectivity index (χ3v) is 5.44. The summed E-state index contributed by atoms with van der Waals surface area (Å²) in [4.78, 5) is 0.372. The molecule has 0 radical (unpaired) electrons. The Morgan fingerprint density at radius 1 is 1.00 bits per heavy atom. The zero-order valence-corrected chi connectivity index (χ0v) is 13.5. The van der Waals surface area contributed by atoms with Crippen molar-refractivity contribution in [2.45, 2.75) is 32.2 Å². The minimum absolute atomic E-state index is 0.106. The molecule has 2 rings (SSSR count). The zero-order chi connectivity index (χ0) is 15.5. The fourth-order valence-electron chi connectivity index (χ4n) is 2.15. The quantitative estimate of drug-likeness (QED) is 0.916. The number of para-hydroxylation sites is 1. The average Bonchev–Trinajstić information content (AvgIpc) is 2.49. The summed E-state index contributed by atoms with van der Waals surface area (Å²) >= 11 is 0. The number of nitrogens with one attached hydrogen (secondary N) is 1. The highest BCUT2D eigenvalue weighted by Crippen LogP contribution is 2.23. The van der Waals surface area contributed by atoms with Gasteiger partial charge in [0.2, 0.25) is 0 Å². The summed E-state index contributed by atoms with van der Waals surface area (Å²) in [6.07, 6.45) is 0. The average molecular weight is 303 g/mol. The van der Waals surface area contributed by atoms with Crippen LogP contribution in [0.4, 0.5) is 5.69 Å². The Kier molecular flexibility index (Phi) is 4.68. The van der Waals surface area contributed by atoms with E-state index in [-0.39, 0.29) is 5.75 Å². The Bertz CT molecular complexity index is 736. The Morgan fingerprint density at radius 2 is 1.71 bits per heavy atom. The van der Waals surface area contributed by atoms with Crippen molar-refractivity contribution in [3.63, 3.8) is 0 Å². The molecule has 4 heteroatoms. The molecule has 0 aliphatic carbocycles. The highest BCUT2D eigenvalue weighted by molar-refractivity contribution is 7.91. The van der Waals surface area contributed by atoms with E-state index in [2.05, 4.69) is 37.4 Å². The first-order valence-electron chi connectivity index (χ1n) is 7.06. The van der Waals surface area contributed by atoms with Crippen LogP contribution in [0.1, 0.15) is 23.6 Å². The summed E-state index contributed by atoms with van der Waals surface area (Å²) in [5.41, 5.74) is 4.30. The van der Waals surface area contributed by atoms with Crippen molar-refractivity contribution >= 4 is 15.5 Å². The van der Waals surface area contributed by atoms with Crippen molar-refractivity contribution in [3.8, 4) is 0 Å². The monoisotopic (exact) mass is 303 g/mol. The van der Waals surface area contributed by atoms with Crippen LogP contribution in [0.15, 0.2) is 47.4 Å². The molecule has 0 heterocycles. The van der Waals surface area contributed by atoms with E-state index in [1.165, 1.54) is 11.1 Å². The molecule has 3 nitrogen and oxygen atoms in total. The Morgan fingerprint density at radius 3 is 2.38 bits per heavy atom. The molecule has 2 aromatic rings. The van der Waals surface area contributed by atoms with Gasteiger partial charge in [0, 0.05) is 6.54 Å². The molecule has 0 unspecified atom stereocenters. The predicted octanol–water partition coefficient (Wildman–Crippen LogP) is 3.71. The van der Waals surface area contributed by atoms with E-state index in [9.17, 15) is 8.42 Å². The topological polar surface area (TPSA) is 46.2 Å². The van der Waals surface area contributed by atoms with Gasteiger partial charge in [-0.15, -0.1) is 0 Å². The van der Waals surface area contributed by atoms with E-state index >= 15 is 0 Å². The van der Waals surface area contributed by atoms with Gasteiger partial charge in [-0.2, -0.15) is 0 Å². The Balaban J connectivity index is 2.23. The summed E-state index contributed by atoms with van der Waals surface area (Å²) in [5.74, 6) is 0.106. The lowest BCUT2D eigenvalue weighted by atomic mass is 10.1. The van der Waals surface area contributed by atoms with Crippen LogP contribution in [-0.4, -0.2) is 14.2 Å². The molecule has 0 saturated heterocycles. The molecule has 0 fully saturated rings. The molecular formula is C17H21NO2S. The molecule has 0 bridgehead atoms. The van der Waals surface area contributed by atoms with Crippen LogP contribution in [0.2, 0.25) is 0 Å². The summed E-state index contributed by atoms with van der Waals surface area (Å²) < 4.78 is 24.2. The first-order valence-corrected chi connectivity index (χ1v) is 8.71. The molecule has 0 saturated carbocycles. The van der Waals surface area contributed by atoms with E-state index in [0.717, 1.165) is 5.56 Å². The van der Waals surface area contributed by atoms with Crippen molar-refractivity contribution in [3.05, 3.63) is 59.2 Å². The first kappa shape index (κ1) is 15.6. The molecule has 0 atom stereocenters. The van der Waals surface area contributed by atoms with Crippen molar-refractivity contribution < 1.29 is 8.42 Å². The van der Waals surface area contributed by atoms with E-state index in [0.29, 0.717) is 17.1 Å². The minimum atomic E-state index is -3.21. The van der Waals surface area contributed by atoms with Gasteiger partial charge in [0.25, 0.3) is 0 Å². The molecule has 0 aromatic heterocycles. The van der Waals surface area contributed by atoms with E-state index in [1.54, 1.807) is 19.1 Å². The second kappa shape index (κ2) is 6.31. The molecule has 0 amide bonds. The number of hydrogen-bond acceptors (Lipinski definition) is 3. The highest BCUT2D eigenvalue weighted by Gasteiger charge is 2.15. The van der Waals surface area contributed by atoms with Gasteiger partial charge in [-0.25, -0.2) is 8.42 Å². The molecule has 0 spiro atoms. The zero-order valence-electron chi connectivity index (χ0n) is 12.7. The van der Waals surface area contributed by atoms with Gasteiger partial charge >= 0.3 is 0 Å². The molecule has 2 aromatic carbocycles. The second-order valence-electron chi connectivity index (χ2n) is 5.17. The SMILES string of the molecule is CCS(=O)(=O)c1ccccc1NCc1ccc(C)c(C)c1. The molecule has 0 aliphatic heterocycles. The summed E-state index contributed by atoms with van der Waals surface area (Å²) in [6, 6.07) is 13.3.